The molecule has 1 aliphatic heterocycles. The van der Waals surface area contributed by atoms with Crippen LogP contribution in [0.15, 0.2) is 18.2 Å². The van der Waals surface area contributed by atoms with Crippen LogP contribution in [-0.2, 0) is 0 Å². The summed E-state index contributed by atoms with van der Waals surface area (Å²) in [5, 5.41) is 3.61. The summed E-state index contributed by atoms with van der Waals surface area (Å²) in [6.07, 6.45) is 4.12. The van der Waals surface area contributed by atoms with Crippen molar-refractivity contribution in [1.29, 1.82) is 0 Å². The van der Waals surface area contributed by atoms with Gasteiger partial charge in [-0.05, 0) is 43.4 Å². The van der Waals surface area contributed by atoms with E-state index < -0.39 is 0 Å². The first-order chi connectivity index (χ1) is 7.33. The number of hydrogen-bond acceptors (Lipinski definition) is 2. The highest BCUT2D eigenvalue weighted by Gasteiger charge is 2.30. The molecule has 3 rings (SSSR count). The van der Waals surface area contributed by atoms with Gasteiger partial charge in [0.15, 0.2) is 0 Å². The largest absolute Gasteiger partial charge is 0.489 e. The maximum atomic E-state index is 5.79. The maximum absolute atomic E-state index is 5.79. The van der Waals surface area contributed by atoms with Gasteiger partial charge in [-0.25, -0.2) is 0 Å². The molecule has 2 aliphatic rings. The van der Waals surface area contributed by atoms with E-state index in [1.54, 1.807) is 0 Å². The van der Waals surface area contributed by atoms with Crippen molar-refractivity contribution in [1.82, 2.24) is 0 Å². The van der Waals surface area contributed by atoms with Crippen LogP contribution in [-0.4, -0.2) is 12.6 Å². The molecule has 2 heteroatoms. The van der Waals surface area contributed by atoms with Crippen molar-refractivity contribution in [2.75, 3.05) is 11.9 Å². The Labute approximate surface area is 90.6 Å². The van der Waals surface area contributed by atoms with E-state index in [0.717, 1.165) is 18.3 Å². The van der Waals surface area contributed by atoms with Crippen LogP contribution in [0.5, 0.6) is 5.75 Å². The number of hydrogen-bond donors (Lipinski definition) is 1. The van der Waals surface area contributed by atoms with Gasteiger partial charge in [0.1, 0.15) is 12.4 Å². The highest BCUT2D eigenvalue weighted by atomic mass is 16.5. The number of rotatable bonds is 1. The summed E-state index contributed by atoms with van der Waals surface area (Å²) >= 11 is 0. The molecule has 1 aliphatic carbocycles. The Balaban J connectivity index is 1.81. The monoisotopic (exact) mass is 203 g/mol. The number of ether oxygens (including phenoxy) is 1. The molecular weight excluding hydrogens is 186 g/mol. The van der Waals surface area contributed by atoms with Gasteiger partial charge in [-0.15, -0.1) is 0 Å². The summed E-state index contributed by atoms with van der Waals surface area (Å²) in [6.45, 7) is 2.95. The Kier molecular flexibility index (Phi) is 2.08. The first-order valence-electron chi connectivity index (χ1n) is 5.83. The van der Waals surface area contributed by atoms with Crippen LogP contribution in [0.1, 0.15) is 24.8 Å². The molecule has 0 bridgehead atoms. The van der Waals surface area contributed by atoms with Crippen LogP contribution < -0.4 is 10.1 Å². The number of aryl methyl sites for hydroxylation is 1. The summed E-state index contributed by atoms with van der Waals surface area (Å²) in [4.78, 5) is 0. The van der Waals surface area contributed by atoms with E-state index in [9.17, 15) is 0 Å². The molecule has 1 aromatic rings. The van der Waals surface area contributed by atoms with Crippen molar-refractivity contribution in [3.63, 3.8) is 0 Å². The van der Waals surface area contributed by atoms with Gasteiger partial charge >= 0.3 is 0 Å². The predicted octanol–water partition coefficient (Wildman–Crippen LogP) is 2.97. The lowest BCUT2D eigenvalue weighted by Crippen LogP contribution is -2.40. The van der Waals surface area contributed by atoms with E-state index in [1.165, 1.54) is 30.5 Å². The molecule has 1 aromatic carbocycles. The van der Waals surface area contributed by atoms with Crippen molar-refractivity contribution in [3.8, 4) is 5.75 Å². The molecule has 1 fully saturated rings. The van der Waals surface area contributed by atoms with Gasteiger partial charge in [-0.1, -0.05) is 12.5 Å². The zero-order valence-electron chi connectivity index (χ0n) is 9.12. The highest BCUT2D eigenvalue weighted by molar-refractivity contribution is 5.60. The number of anilines is 1. The van der Waals surface area contributed by atoms with E-state index >= 15 is 0 Å². The number of benzene rings is 1. The normalized spacial score (nSPS) is 24.7. The molecule has 1 unspecified atom stereocenters. The fourth-order valence-electron chi connectivity index (χ4n) is 2.40. The summed E-state index contributed by atoms with van der Waals surface area (Å²) in [5.41, 5.74) is 2.47. The predicted molar refractivity (Wildman–Crippen MR) is 61.4 cm³/mol. The lowest BCUT2D eigenvalue weighted by molar-refractivity contribution is 0.191. The van der Waals surface area contributed by atoms with Gasteiger partial charge in [0, 0.05) is 0 Å². The molecule has 0 aromatic heterocycles. The molecular formula is C13H17NO. The van der Waals surface area contributed by atoms with Gasteiger partial charge in [0.2, 0.25) is 0 Å². The Morgan fingerprint density at radius 3 is 2.93 bits per heavy atom. The Morgan fingerprint density at radius 1 is 1.33 bits per heavy atom. The first-order valence-corrected chi connectivity index (χ1v) is 5.83. The van der Waals surface area contributed by atoms with E-state index in [4.69, 9.17) is 4.74 Å². The van der Waals surface area contributed by atoms with Crippen molar-refractivity contribution >= 4 is 5.69 Å². The SMILES string of the molecule is Cc1ccc2c(c1)NC(C1CCC1)CO2. The molecule has 1 heterocycles. The van der Waals surface area contributed by atoms with E-state index in [0.29, 0.717) is 6.04 Å². The summed E-state index contributed by atoms with van der Waals surface area (Å²) < 4.78 is 5.79. The molecule has 1 N–H and O–H groups in total. The minimum Gasteiger partial charge on any atom is -0.489 e. The van der Waals surface area contributed by atoms with Crippen molar-refractivity contribution in [3.05, 3.63) is 23.8 Å². The van der Waals surface area contributed by atoms with Crippen LogP contribution in [0.25, 0.3) is 0 Å². The zero-order valence-corrected chi connectivity index (χ0v) is 9.12. The van der Waals surface area contributed by atoms with Crippen LogP contribution in [0, 0.1) is 12.8 Å². The maximum Gasteiger partial charge on any atom is 0.142 e. The van der Waals surface area contributed by atoms with E-state index in [2.05, 4.69) is 30.4 Å². The summed E-state index contributed by atoms with van der Waals surface area (Å²) in [7, 11) is 0. The van der Waals surface area contributed by atoms with Crippen molar-refractivity contribution in [2.24, 2.45) is 5.92 Å². The average molecular weight is 203 g/mol. The van der Waals surface area contributed by atoms with Crippen LogP contribution >= 0.6 is 0 Å². The first kappa shape index (κ1) is 9.08. The zero-order chi connectivity index (χ0) is 10.3. The van der Waals surface area contributed by atoms with Gasteiger partial charge in [-0.2, -0.15) is 0 Å². The highest BCUT2D eigenvalue weighted by Crippen LogP contribution is 2.36. The quantitative estimate of drug-likeness (QED) is 0.757. The van der Waals surface area contributed by atoms with Gasteiger partial charge in [-0.3, -0.25) is 0 Å². The Morgan fingerprint density at radius 2 is 2.20 bits per heavy atom. The minimum atomic E-state index is 0.535. The second-order valence-electron chi connectivity index (χ2n) is 4.75. The topological polar surface area (TPSA) is 21.3 Å². The standard InChI is InChI=1S/C13H17NO/c1-9-5-6-13-11(7-9)14-12(8-15-13)10-3-2-4-10/h5-7,10,12,14H,2-4,8H2,1H3. The minimum absolute atomic E-state index is 0.535. The molecule has 1 saturated carbocycles. The molecule has 2 nitrogen and oxygen atoms in total. The van der Waals surface area contributed by atoms with Crippen LogP contribution in [0.4, 0.5) is 5.69 Å². The number of fused-ring (bicyclic) bond motifs is 1. The molecule has 15 heavy (non-hydrogen) atoms. The third kappa shape index (κ3) is 1.58. The van der Waals surface area contributed by atoms with Crippen molar-refractivity contribution in [2.45, 2.75) is 32.2 Å². The van der Waals surface area contributed by atoms with Crippen LogP contribution in [0.3, 0.4) is 0 Å². The van der Waals surface area contributed by atoms with Crippen molar-refractivity contribution < 1.29 is 4.74 Å². The fraction of sp³-hybridized carbons (Fsp3) is 0.538. The summed E-state index contributed by atoms with van der Waals surface area (Å²) in [5.74, 6) is 1.84. The Bertz CT molecular complexity index is 371. The smallest absolute Gasteiger partial charge is 0.142 e. The third-order valence-corrected chi connectivity index (χ3v) is 3.61. The molecule has 0 radical (unpaired) electrons. The molecule has 0 amide bonds. The van der Waals surface area contributed by atoms with Crippen LogP contribution in [0.2, 0.25) is 0 Å². The van der Waals surface area contributed by atoms with Gasteiger partial charge < -0.3 is 10.1 Å². The fourth-order valence-corrected chi connectivity index (χ4v) is 2.40. The molecule has 80 valence electrons. The second-order valence-corrected chi connectivity index (χ2v) is 4.75. The van der Waals surface area contributed by atoms with E-state index in [1.807, 2.05) is 0 Å². The average Bonchev–Trinajstić information content (AvgIpc) is 2.14. The lowest BCUT2D eigenvalue weighted by atomic mass is 9.79. The third-order valence-electron chi connectivity index (χ3n) is 3.61. The molecule has 1 atom stereocenters. The molecule has 0 saturated heterocycles. The van der Waals surface area contributed by atoms with Gasteiger partial charge in [0.25, 0.3) is 0 Å². The Hall–Kier alpha value is -1.18. The summed E-state index contributed by atoms with van der Waals surface area (Å²) in [6, 6.07) is 6.88. The molecule has 0 spiro atoms. The van der Waals surface area contributed by atoms with E-state index in [-0.39, 0.29) is 0 Å². The second kappa shape index (κ2) is 3.44. The van der Waals surface area contributed by atoms with Gasteiger partial charge in [0.05, 0.1) is 11.7 Å². The lowest BCUT2D eigenvalue weighted by Gasteiger charge is -2.37. The number of nitrogens with one attached hydrogen (secondary N) is 1.